The molecule has 10 nitrogen and oxygen atoms in total. The van der Waals surface area contributed by atoms with Gasteiger partial charge in [-0.25, -0.2) is 9.31 Å². The van der Waals surface area contributed by atoms with Gasteiger partial charge in [0.05, 0.1) is 0 Å². The van der Waals surface area contributed by atoms with Crippen molar-refractivity contribution in [2.45, 2.75) is 13.8 Å². The molecule has 0 fully saturated rings. The van der Waals surface area contributed by atoms with Crippen LogP contribution in [0.5, 0.6) is 0 Å². The van der Waals surface area contributed by atoms with Crippen LogP contribution in [0.4, 0.5) is 10.7 Å². The maximum atomic E-state index is 11.8. The van der Waals surface area contributed by atoms with E-state index in [0.29, 0.717) is 29.6 Å². The predicted octanol–water partition coefficient (Wildman–Crippen LogP) is 2.29. The van der Waals surface area contributed by atoms with Gasteiger partial charge in [-0.15, -0.1) is 5.10 Å². The molecule has 0 saturated carbocycles. The zero-order chi connectivity index (χ0) is 18.8. The van der Waals surface area contributed by atoms with Crippen LogP contribution in [-0.2, 0) is 0 Å². The molecular weight excluding hydrogens is 348 g/mol. The van der Waals surface area contributed by atoms with Crippen molar-refractivity contribution in [1.29, 1.82) is 0 Å². The number of aryl methyl sites for hydroxylation is 1. The normalized spacial score (nSPS) is 10.9. The Labute approximate surface area is 153 Å². The summed E-state index contributed by atoms with van der Waals surface area (Å²) in [4.78, 5) is 24.6. The van der Waals surface area contributed by atoms with Gasteiger partial charge in [-0.2, -0.15) is 9.97 Å². The van der Waals surface area contributed by atoms with Crippen LogP contribution in [0.3, 0.4) is 0 Å². The number of nitrogens with zero attached hydrogens (tertiary/aromatic N) is 6. The molecule has 2 amide bonds. The zero-order valence-electron chi connectivity index (χ0n) is 14.7. The molecule has 0 bridgehead atoms. The molecule has 0 atom stereocenters. The van der Waals surface area contributed by atoms with Crippen LogP contribution < -0.4 is 10.6 Å². The number of pyridine rings is 2. The molecular formula is C17H16N8O2. The fourth-order valence-electron chi connectivity index (χ4n) is 2.61. The first-order valence-electron chi connectivity index (χ1n) is 8.31. The van der Waals surface area contributed by atoms with Crippen LogP contribution >= 0.6 is 0 Å². The van der Waals surface area contributed by atoms with E-state index in [4.69, 9.17) is 4.52 Å². The van der Waals surface area contributed by atoms with Gasteiger partial charge >= 0.3 is 6.03 Å². The average molecular weight is 364 g/mol. The van der Waals surface area contributed by atoms with Crippen molar-refractivity contribution >= 4 is 17.6 Å². The lowest BCUT2D eigenvalue weighted by atomic mass is 10.1. The topological polar surface area (TPSA) is 123 Å². The number of fused-ring (bicyclic) bond motifs is 1. The number of amides is 2. The third-order valence-corrected chi connectivity index (χ3v) is 3.75. The van der Waals surface area contributed by atoms with E-state index in [0.717, 1.165) is 11.1 Å². The molecule has 0 aliphatic rings. The molecule has 10 heteroatoms. The van der Waals surface area contributed by atoms with Crippen molar-refractivity contribution in [3.63, 3.8) is 0 Å². The molecule has 2 N–H and O–H groups in total. The second-order valence-electron chi connectivity index (χ2n) is 5.70. The smallest absolute Gasteiger partial charge is 0.321 e. The van der Waals surface area contributed by atoms with Crippen LogP contribution in [0, 0.1) is 6.92 Å². The first kappa shape index (κ1) is 16.6. The number of anilines is 1. The van der Waals surface area contributed by atoms with E-state index in [1.165, 1.54) is 0 Å². The second-order valence-corrected chi connectivity index (χ2v) is 5.70. The highest BCUT2D eigenvalue weighted by Crippen LogP contribution is 2.26. The molecule has 0 aliphatic heterocycles. The summed E-state index contributed by atoms with van der Waals surface area (Å²) in [7, 11) is 0. The van der Waals surface area contributed by atoms with Gasteiger partial charge < -0.3 is 9.84 Å². The zero-order valence-corrected chi connectivity index (χ0v) is 14.7. The molecule has 27 heavy (non-hydrogen) atoms. The lowest BCUT2D eigenvalue weighted by molar-refractivity contribution is 0.252. The molecule has 0 aromatic carbocycles. The summed E-state index contributed by atoms with van der Waals surface area (Å²) in [6.07, 6.45) is 3.46. The molecule has 4 rings (SSSR count). The molecule has 0 saturated heterocycles. The number of rotatable bonds is 4. The third-order valence-electron chi connectivity index (χ3n) is 3.75. The predicted molar refractivity (Wildman–Crippen MR) is 96.9 cm³/mol. The van der Waals surface area contributed by atoms with Crippen molar-refractivity contribution in [2.24, 2.45) is 0 Å². The quantitative estimate of drug-likeness (QED) is 0.569. The Bertz CT molecular complexity index is 1100. The van der Waals surface area contributed by atoms with Crippen LogP contribution in [0.1, 0.15) is 12.8 Å². The third kappa shape index (κ3) is 3.32. The van der Waals surface area contributed by atoms with Crippen molar-refractivity contribution in [3.8, 4) is 22.6 Å². The highest BCUT2D eigenvalue weighted by Gasteiger charge is 2.17. The monoisotopic (exact) mass is 364 g/mol. The van der Waals surface area contributed by atoms with Gasteiger partial charge in [-0.1, -0.05) is 11.2 Å². The number of carbonyl (C=O) groups is 1. The minimum atomic E-state index is -0.377. The maximum absolute atomic E-state index is 11.8. The van der Waals surface area contributed by atoms with Crippen molar-refractivity contribution in [2.75, 3.05) is 11.9 Å². The van der Waals surface area contributed by atoms with E-state index in [9.17, 15) is 4.79 Å². The number of urea groups is 1. The van der Waals surface area contributed by atoms with E-state index in [2.05, 4.69) is 35.8 Å². The standard InChI is InChI=1S/C17H16N8O2/c1-3-19-17(26)22-16-21-14-8-12(11-5-4-6-18-9-11)7-13(25(14)23-16)15-20-10(2)27-24-15/h4-9H,3H2,1-2H3,(H2,19,22,23,26). The Kier molecular flexibility index (Phi) is 4.21. The first-order chi connectivity index (χ1) is 13.1. The Morgan fingerprint density at radius 3 is 2.85 bits per heavy atom. The molecule has 0 unspecified atom stereocenters. The van der Waals surface area contributed by atoms with Gasteiger partial charge in [0, 0.05) is 31.4 Å². The second kappa shape index (κ2) is 6.83. The van der Waals surface area contributed by atoms with E-state index >= 15 is 0 Å². The van der Waals surface area contributed by atoms with Crippen LogP contribution in [0.15, 0.2) is 41.2 Å². The largest absolute Gasteiger partial charge is 0.339 e. The summed E-state index contributed by atoms with van der Waals surface area (Å²) in [6.45, 7) is 4.04. The highest BCUT2D eigenvalue weighted by atomic mass is 16.5. The van der Waals surface area contributed by atoms with E-state index in [-0.39, 0.29) is 12.0 Å². The van der Waals surface area contributed by atoms with Gasteiger partial charge in [0.2, 0.25) is 11.7 Å². The van der Waals surface area contributed by atoms with Crippen LogP contribution in [-0.4, -0.2) is 42.3 Å². The fraction of sp³-hybridized carbons (Fsp3) is 0.176. The Balaban J connectivity index is 1.86. The maximum Gasteiger partial charge on any atom is 0.321 e. The Morgan fingerprint density at radius 1 is 1.26 bits per heavy atom. The molecule has 0 spiro atoms. The van der Waals surface area contributed by atoms with Crippen LogP contribution in [0.25, 0.3) is 28.3 Å². The molecule has 4 heterocycles. The van der Waals surface area contributed by atoms with E-state index in [1.54, 1.807) is 23.8 Å². The number of nitrogens with one attached hydrogen (secondary N) is 2. The Hall–Kier alpha value is -3.82. The van der Waals surface area contributed by atoms with Gasteiger partial charge in [-0.05, 0) is 30.7 Å². The van der Waals surface area contributed by atoms with Crippen molar-refractivity contribution in [3.05, 3.63) is 42.5 Å². The molecule has 4 aromatic heterocycles. The van der Waals surface area contributed by atoms with Crippen molar-refractivity contribution in [1.82, 2.24) is 35.0 Å². The number of carbonyl (C=O) groups excluding carboxylic acids is 1. The Morgan fingerprint density at radius 2 is 2.15 bits per heavy atom. The SMILES string of the molecule is CCNC(=O)Nc1nc2cc(-c3cccnc3)cc(-c3noc(C)n3)n2n1. The summed E-state index contributed by atoms with van der Waals surface area (Å²) in [6, 6.07) is 7.14. The summed E-state index contributed by atoms with van der Waals surface area (Å²) >= 11 is 0. The summed E-state index contributed by atoms with van der Waals surface area (Å²) < 4.78 is 6.66. The van der Waals surface area contributed by atoms with E-state index < -0.39 is 0 Å². The van der Waals surface area contributed by atoms with Gasteiger partial charge in [0.25, 0.3) is 5.95 Å². The summed E-state index contributed by atoms with van der Waals surface area (Å²) in [5.41, 5.74) is 2.88. The fourth-order valence-corrected chi connectivity index (χ4v) is 2.61. The lowest BCUT2D eigenvalue weighted by Gasteiger charge is -2.05. The van der Waals surface area contributed by atoms with Gasteiger partial charge in [0.15, 0.2) is 5.65 Å². The number of aromatic nitrogens is 6. The number of hydrogen-bond donors (Lipinski definition) is 2. The molecule has 4 aromatic rings. The van der Waals surface area contributed by atoms with Gasteiger partial charge in [0.1, 0.15) is 5.69 Å². The van der Waals surface area contributed by atoms with Gasteiger partial charge in [-0.3, -0.25) is 10.3 Å². The number of hydrogen-bond acceptors (Lipinski definition) is 7. The minimum absolute atomic E-state index is 0.172. The first-order valence-corrected chi connectivity index (χ1v) is 8.31. The summed E-state index contributed by atoms with van der Waals surface area (Å²) in [5, 5.41) is 13.6. The van der Waals surface area contributed by atoms with E-state index in [1.807, 2.05) is 31.2 Å². The highest BCUT2D eigenvalue weighted by molar-refractivity contribution is 5.87. The summed E-state index contributed by atoms with van der Waals surface area (Å²) in [5.74, 6) is 0.981. The lowest BCUT2D eigenvalue weighted by Crippen LogP contribution is -2.28. The average Bonchev–Trinajstić information content (AvgIpc) is 3.27. The molecule has 0 radical (unpaired) electrons. The molecule has 136 valence electrons. The van der Waals surface area contributed by atoms with Crippen molar-refractivity contribution < 1.29 is 9.32 Å². The van der Waals surface area contributed by atoms with Crippen LogP contribution in [0.2, 0.25) is 0 Å². The molecule has 0 aliphatic carbocycles. The minimum Gasteiger partial charge on any atom is -0.339 e.